The largest absolute Gasteiger partial charge is 0.369 e. The minimum atomic E-state index is 0.638. The van der Waals surface area contributed by atoms with Crippen molar-refractivity contribution < 1.29 is 0 Å². The summed E-state index contributed by atoms with van der Waals surface area (Å²) in [4.78, 5) is 10.5. The van der Waals surface area contributed by atoms with Crippen LogP contribution in [0.1, 0.15) is 11.3 Å². The molecule has 0 N–H and O–H groups in total. The van der Waals surface area contributed by atoms with Crippen LogP contribution in [0.25, 0.3) is 0 Å². The fourth-order valence-electron chi connectivity index (χ4n) is 1.42. The lowest BCUT2D eigenvalue weighted by molar-refractivity contribution is 0.643. The molecule has 0 aliphatic carbocycles. The molecular formula is C16H14BrN3. The van der Waals surface area contributed by atoms with Gasteiger partial charge in [-0.15, -0.1) is 0 Å². The number of hydrogen-bond donors (Lipinski definition) is 0. The molecule has 1 heterocycles. The van der Waals surface area contributed by atoms with Gasteiger partial charge in [0.25, 0.3) is 0 Å². The summed E-state index contributed by atoms with van der Waals surface area (Å²) in [5.41, 5.74) is 1.64. The van der Waals surface area contributed by atoms with Crippen molar-refractivity contribution in [3.63, 3.8) is 0 Å². The first-order chi connectivity index (χ1) is 9.65. The van der Waals surface area contributed by atoms with E-state index < -0.39 is 0 Å². The molecule has 1 aromatic carbocycles. The van der Waals surface area contributed by atoms with Crippen molar-refractivity contribution in [3.8, 4) is 11.8 Å². The molecule has 0 fully saturated rings. The number of hydrogen-bond acceptors (Lipinski definition) is 2. The number of aliphatic imine (C=N–C) groups is 1. The summed E-state index contributed by atoms with van der Waals surface area (Å²) in [5, 5.41) is 0. The maximum absolute atomic E-state index is 4.41. The summed E-state index contributed by atoms with van der Waals surface area (Å²) in [5.74, 6) is 6.79. The molecular weight excluding hydrogens is 314 g/mol. The summed E-state index contributed by atoms with van der Waals surface area (Å²) in [6, 6.07) is 13.6. The van der Waals surface area contributed by atoms with Crippen LogP contribution in [0.4, 0.5) is 5.82 Å². The normalized spacial score (nSPS) is 10.2. The first-order valence-electron chi connectivity index (χ1n) is 6.09. The zero-order valence-corrected chi connectivity index (χ0v) is 12.9. The van der Waals surface area contributed by atoms with E-state index in [-0.39, 0.29) is 0 Å². The van der Waals surface area contributed by atoms with Gasteiger partial charge in [-0.25, -0.2) is 9.98 Å². The van der Waals surface area contributed by atoms with E-state index in [4.69, 9.17) is 0 Å². The van der Waals surface area contributed by atoms with Crippen LogP contribution < -0.4 is 0 Å². The number of pyridine rings is 1. The van der Waals surface area contributed by atoms with Gasteiger partial charge in [0.1, 0.15) is 5.69 Å². The van der Waals surface area contributed by atoms with E-state index in [1.807, 2.05) is 61.5 Å². The van der Waals surface area contributed by atoms with Crippen LogP contribution in [0.15, 0.2) is 51.9 Å². The molecule has 0 saturated carbocycles. The van der Waals surface area contributed by atoms with E-state index >= 15 is 0 Å². The second-order valence-electron chi connectivity index (χ2n) is 4.32. The molecule has 0 spiro atoms. The van der Waals surface area contributed by atoms with Gasteiger partial charge < -0.3 is 4.90 Å². The second kappa shape index (κ2) is 6.88. The van der Waals surface area contributed by atoms with Crippen LogP contribution in [0.2, 0.25) is 0 Å². The van der Waals surface area contributed by atoms with Gasteiger partial charge in [-0.2, -0.15) is 0 Å². The predicted molar refractivity (Wildman–Crippen MR) is 86.2 cm³/mol. The van der Waals surface area contributed by atoms with Crippen molar-refractivity contribution in [3.05, 3.63) is 58.2 Å². The van der Waals surface area contributed by atoms with Crippen molar-refractivity contribution in [2.75, 3.05) is 14.1 Å². The molecule has 0 unspecified atom stereocenters. The molecule has 100 valence electrons. The highest BCUT2D eigenvalue weighted by molar-refractivity contribution is 9.10. The number of rotatable bonds is 2. The SMILES string of the molecule is CN(C)C=Nc1ccc(Br)c(C#Cc2ccccc2)n1. The third-order valence-electron chi connectivity index (χ3n) is 2.35. The van der Waals surface area contributed by atoms with Crippen molar-refractivity contribution in [2.45, 2.75) is 0 Å². The highest BCUT2D eigenvalue weighted by atomic mass is 79.9. The molecule has 0 atom stereocenters. The standard InChI is InChI=1S/C16H14BrN3/c1-20(2)12-18-16-11-9-14(17)15(19-16)10-8-13-6-4-3-5-7-13/h3-7,9,11-12H,1-2H3. The smallest absolute Gasteiger partial charge is 0.155 e. The third-order valence-corrected chi connectivity index (χ3v) is 2.99. The van der Waals surface area contributed by atoms with Gasteiger partial charge in [0.2, 0.25) is 0 Å². The van der Waals surface area contributed by atoms with E-state index in [1.54, 1.807) is 6.34 Å². The Kier molecular flexibility index (Phi) is 4.91. The van der Waals surface area contributed by atoms with E-state index in [2.05, 4.69) is 37.7 Å². The van der Waals surface area contributed by atoms with Crippen molar-refractivity contribution in [1.29, 1.82) is 0 Å². The van der Waals surface area contributed by atoms with Gasteiger partial charge in [0, 0.05) is 19.7 Å². The first-order valence-corrected chi connectivity index (χ1v) is 6.88. The van der Waals surface area contributed by atoms with E-state index in [1.165, 1.54) is 0 Å². The minimum Gasteiger partial charge on any atom is -0.369 e. The molecule has 20 heavy (non-hydrogen) atoms. The Morgan fingerprint density at radius 2 is 1.85 bits per heavy atom. The van der Waals surface area contributed by atoms with Crippen LogP contribution in [0, 0.1) is 11.8 Å². The van der Waals surface area contributed by atoms with Crippen molar-refractivity contribution >= 4 is 28.1 Å². The number of benzene rings is 1. The number of aromatic nitrogens is 1. The lowest BCUT2D eigenvalue weighted by atomic mass is 10.2. The Morgan fingerprint density at radius 1 is 1.10 bits per heavy atom. The zero-order valence-electron chi connectivity index (χ0n) is 11.3. The Labute approximate surface area is 127 Å². The lowest BCUT2D eigenvalue weighted by Crippen LogP contribution is -2.07. The third kappa shape index (κ3) is 4.22. The quantitative estimate of drug-likeness (QED) is 0.480. The maximum atomic E-state index is 4.41. The maximum Gasteiger partial charge on any atom is 0.155 e. The van der Waals surface area contributed by atoms with E-state index in [0.717, 1.165) is 10.0 Å². The van der Waals surface area contributed by atoms with Crippen molar-refractivity contribution in [2.24, 2.45) is 4.99 Å². The Morgan fingerprint density at radius 3 is 2.55 bits per heavy atom. The molecule has 2 rings (SSSR count). The van der Waals surface area contributed by atoms with Gasteiger partial charge in [-0.1, -0.05) is 24.1 Å². The van der Waals surface area contributed by atoms with Gasteiger partial charge >= 0.3 is 0 Å². The van der Waals surface area contributed by atoms with Gasteiger partial charge in [-0.3, -0.25) is 0 Å². The molecule has 0 aliphatic heterocycles. The highest BCUT2D eigenvalue weighted by Gasteiger charge is 1.99. The summed E-state index contributed by atoms with van der Waals surface area (Å²) >= 11 is 3.46. The van der Waals surface area contributed by atoms with Crippen LogP contribution in [0.5, 0.6) is 0 Å². The van der Waals surface area contributed by atoms with Crippen LogP contribution >= 0.6 is 15.9 Å². The molecule has 1 aromatic heterocycles. The average molecular weight is 328 g/mol. The Bertz CT molecular complexity index is 667. The summed E-state index contributed by atoms with van der Waals surface area (Å²) in [6.45, 7) is 0. The number of halogens is 1. The molecule has 3 nitrogen and oxygen atoms in total. The highest BCUT2D eigenvalue weighted by Crippen LogP contribution is 2.18. The van der Waals surface area contributed by atoms with Gasteiger partial charge in [0.05, 0.1) is 10.8 Å². The zero-order chi connectivity index (χ0) is 14.4. The Balaban J connectivity index is 2.28. The second-order valence-corrected chi connectivity index (χ2v) is 5.18. The minimum absolute atomic E-state index is 0.638. The van der Waals surface area contributed by atoms with Crippen LogP contribution in [0.3, 0.4) is 0 Å². The summed E-state index contributed by atoms with van der Waals surface area (Å²) in [6.07, 6.45) is 1.71. The molecule has 0 amide bonds. The van der Waals surface area contributed by atoms with Gasteiger partial charge in [-0.05, 0) is 46.1 Å². The molecule has 0 radical (unpaired) electrons. The van der Waals surface area contributed by atoms with E-state index in [9.17, 15) is 0 Å². The number of nitrogens with zero attached hydrogens (tertiary/aromatic N) is 3. The van der Waals surface area contributed by atoms with E-state index in [0.29, 0.717) is 11.5 Å². The summed E-state index contributed by atoms with van der Waals surface area (Å²) < 4.78 is 0.865. The molecule has 0 bridgehead atoms. The molecule has 4 heteroatoms. The lowest BCUT2D eigenvalue weighted by Gasteiger charge is -2.02. The molecule has 0 saturated heterocycles. The first kappa shape index (κ1) is 14.3. The fourth-order valence-corrected chi connectivity index (χ4v) is 1.74. The Hall–Kier alpha value is -2.12. The van der Waals surface area contributed by atoms with Crippen LogP contribution in [-0.4, -0.2) is 30.3 Å². The fraction of sp³-hybridized carbons (Fsp3) is 0.125. The van der Waals surface area contributed by atoms with Crippen LogP contribution in [-0.2, 0) is 0 Å². The summed E-state index contributed by atoms with van der Waals surface area (Å²) in [7, 11) is 3.83. The predicted octanol–water partition coefficient (Wildman–Crippen LogP) is 3.47. The molecule has 0 aliphatic rings. The average Bonchev–Trinajstić information content (AvgIpc) is 2.46. The molecule has 2 aromatic rings. The topological polar surface area (TPSA) is 28.5 Å². The van der Waals surface area contributed by atoms with Crippen molar-refractivity contribution in [1.82, 2.24) is 9.88 Å². The van der Waals surface area contributed by atoms with Gasteiger partial charge in [0.15, 0.2) is 5.82 Å². The monoisotopic (exact) mass is 327 g/mol.